The minimum atomic E-state index is -4.68. The lowest BCUT2D eigenvalue weighted by Crippen LogP contribution is -2.41. The van der Waals surface area contributed by atoms with Gasteiger partial charge >= 0.3 is 6.18 Å². The summed E-state index contributed by atoms with van der Waals surface area (Å²) in [6.45, 7) is 1.51. The number of hydrogen-bond acceptors (Lipinski definition) is 8. The second-order valence-corrected chi connectivity index (χ2v) is 13.5. The number of ether oxygens (including phenoxy) is 2. The molecule has 7 rings (SSSR count). The molecule has 0 atom stereocenters. The van der Waals surface area contributed by atoms with Crippen LogP contribution in [0.15, 0.2) is 96.4 Å². The molecular weight excluding hydrogens is 669 g/mol. The number of aryl methyl sites for hydroxylation is 2. The van der Waals surface area contributed by atoms with E-state index < -0.39 is 33.8 Å². The van der Waals surface area contributed by atoms with Gasteiger partial charge in [0.05, 0.1) is 16.6 Å². The molecule has 4 aromatic heterocycles. The highest BCUT2D eigenvalue weighted by Gasteiger charge is 2.39. The maximum atomic E-state index is 14.2. The van der Waals surface area contributed by atoms with Crippen LogP contribution in [0.2, 0.25) is 0 Å². The highest BCUT2D eigenvalue weighted by molar-refractivity contribution is 7.86. The first-order valence-electron chi connectivity index (χ1n) is 15.6. The van der Waals surface area contributed by atoms with Crippen LogP contribution in [0, 0.1) is 18.8 Å². The summed E-state index contributed by atoms with van der Waals surface area (Å²) in [5, 5.41) is 1.92. The van der Waals surface area contributed by atoms with Crippen LogP contribution < -0.4 is 9.47 Å². The standard InChI is InChI=1S/C37H29F3N4O5S/c1-23-5-10-30(11-6-23)50(45,46)47-15-3-4-26-8-9-27(21-42-26)48-28-18-29(19-28)49-36-33(37(38,39)40)16-25(20-43-36)24-7-12-31-32-22-41-14-13-34(32)44(2)35(31)17-24/h5-14,16-17,20-22,28-29H,15,18-19H2,1-2H3/t28-,29-. The van der Waals surface area contributed by atoms with E-state index in [0.717, 1.165) is 33.4 Å². The summed E-state index contributed by atoms with van der Waals surface area (Å²) < 4.78 is 85.7. The van der Waals surface area contributed by atoms with Crippen LogP contribution in [-0.2, 0) is 27.5 Å². The van der Waals surface area contributed by atoms with E-state index in [1.807, 2.05) is 36.7 Å². The van der Waals surface area contributed by atoms with Gasteiger partial charge in [0.25, 0.3) is 10.1 Å². The number of benzene rings is 2. The van der Waals surface area contributed by atoms with Crippen molar-refractivity contribution < 1.29 is 35.2 Å². The predicted octanol–water partition coefficient (Wildman–Crippen LogP) is 7.26. The van der Waals surface area contributed by atoms with E-state index in [4.69, 9.17) is 13.7 Å². The number of pyridine rings is 3. The first-order chi connectivity index (χ1) is 23.9. The minimum absolute atomic E-state index is 0.0486. The van der Waals surface area contributed by atoms with E-state index in [1.54, 1.807) is 42.7 Å². The maximum absolute atomic E-state index is 14.2. The van der Waals surface area contributed by atoms with Crippen LogP contribution in [-0.4, -0.2) is 46.8 Å². The van der Waals surface area contributed by atoms with Crippen LogP contribution in [0.4, 0.5) is 13.2 Å². The van der Waals surface area contributed by atoms with Crippen molar-refractivity contribution in [3.8, 4) is 34.6 Å². The van der Waals surface area contributed by atoms with Gasteiger partial charge in [0.1, 0.15) is 35.8 Å². The number of hydrogen-bond donors (Lipinski definition) is 0. The summed E-state index contributed by atoms with van der Waals surface area (Å²) in [6, 6.07) is 18.1. The Morgan fingerprint density at radius 3 is 2.38 bits per heavy atom. The first kappa shape index (κ1) is 33.1. The Morgan fingerprint density at radius 2 is 1.64 bits per heavy atom. The molecule has 9 nitrogen and oxygen atoms in total. The number of fused-ring (bicyclic) bond motifs is 3. The van der Waals surface area contributed by atoms with Crippen molar-refractivity contribution in [1.82, 2.24) is 19.5 Å². The molecule has 254 valence electrons. The molecular formula is C37H29F3N4O5S. The first-order valence-corrected chi connectivity index (χ1v) is 17.0. The molecule has 0 amide bonds. The molecule has 0 saturated heterocycles. The molecule has 1 aliphatic rings. The molecule has 1 saturated carbocycles. The fraction of sp³-hybridized carbons (Fsp3) is 0.216. The third kappa shape index (κ3) is 6.85. The van der Waals surface area contributed by atoms with Gasteiger partial charge in [-0.05, 0) is 60.9 Å². The number of alkyl halides is 3. The van der Waals surface area contributed by atoms with Gasteiger partial charge in [-0.2, -0.15) is 21.6 Å². The zero-order chi connectivity index (χ0) is 35.0. The highest BCUT2D eigenvalue weighted by atomic mass is 32.2. The molecule has 0 unspecified atom stereocenters. The van der Waals surface area contributed by atoms with Gasteiger partial charge in [-0.3, -0.25) is 9.17 Å². The highest BCUT2D eigenvalue weighted by Crippen LogP contribution is 2.40. The summed E-state index contributed by atoms with van der Waals surface area (Å²) in [5.74, 6) is 5.35. The number of halogens is 3. The van der Waals surface area contributed by atoms with Crippen LogP contribution in [0.3, 0.4) is 0 Å². The minimum Gasteiger partial charge on any atom is -0.489 e. The monoisotopic (exact) mass is 698 g/mol. The Morgan fingerprint density at radius 1 is 0.860 bits per heavy atom. The van der Waals surface area contributed by atoms with Crippen LogP contribution >= 0.6 is 0 Å². The van der Waals surface area contributed by atoms with Gasteiger partial charge in [0.15, 0.2) is 0 Å². The van der Waals surface area contributed by atoms with E-state index in [9.17, 15) is 21.6 Å². The molecule has 0 spiro atoms. The van der Waals surface area contributed by atoms with Crippen LogP contribution in [0.1, 0.15) is 29.7 Å². The SMILES string of the molecule is Cc1ccc(S(=O)(=O)OCC#Cc2ccc(O[C@H]3C[C@H](Oc4ncc(-c5ccc6c7cnccc7n(C)c6c5)cc4C(F)(F)F)C3)cn2)cc1. The zero-order valence-electron chi connectivity index (χ0n) is 26.8. The second kappa shape index (κ2) is 13.1. The van der Waals surface area contributed by atoms with Crippen molar-refractivity contribution in [1.29, 1.82) is 0 Å². The smallest absolute Gasteiger partial charge is 0.421 e. The molecule has 4 heterocycles. The van der Waals surface area contributed by atoms with Crippen molar-refractivity contribution in [3.05, 3.63) is 108 Å². The Labute approximate surface area is 285 Å². The molecule has 0 radical (unpaired) electrons. The average molecular weight is 699 g/mol. The van der Waals surface area contributed by atoms with Crippen molar-refractivity contribution in [2.24, 2.45) is 7.05 Å². The number of aromatic nitrogens is 4. The van der Waals surface area contributed by atoms with Crippen LogP contribution in [0.25, 0.3) is 32.9 Å². The molecule has 0 aliphatic heterocycles. The van der Waals surface area contributed by atoms with Crippen molar-refractivity contribution in [2.45, 2.75) is 43.0 Å². The van der Waals surface area contributed by atoms with E-state index >= 15 is 0 Å². The van der Waals surface area contributed by atoms with Gasteiger partial charge in [-0.1, -0.05) is 35.7 Å². The van der Waals surface area contributed by atoms with Crippen LogP contribution in [0.5, 0.6) is 11.6 Å². The molecule has 13 heteroatoms. The molecule has 0 bridgehead atoms. The maximum Gasteiger partial charge on any atom is 0.421 e. The van der Waals surface area contributed by atoms with Gasteiger partial charge in [-0.15, -0.1) is 0 Å². The van der Waals surface area contributed by atoms with E-state index in [1.165, 1.54) is 24.5 Å². The summed E-state index contributed by atoms with van der Waals surface area (Å²) in [6.07, 6.45) is 1.61. The molecule has 1 fully saturated rings. The van der Waals surface area contributed by atoms with Gasteiger partial charge in [0, 0.05) is 60.3 Å². The van der Waals surface area contributed by atoms with Crippen molar-refractivity contribution in [3.63, 3.8) is 0 Å². The third-order valence-corrected chi connectivity index (χ3v) is 9.76. The predicted molar refractivity (Wildman–Crippen MR) is 180 cm³/mol. The van der Waals surface area contributed by atoms with E-state index in [2.05, 4.69) is 26.8 Å². The summed E-state index contributed by atoms with van der Waals surface area (Å²) in [4.78, 5) is 12.6. The summed E-state index contributed by atoms with van der Waals surface area (Å²) in [5.41, 5.74) is 3.13. The lowest BCUT2D eigenvalue weighted by Gasteiger charge is -2.35. The summed E-state index contributed by atoms with van der Waals surface area (Å²) in [7, 11) is -2.02. The van der Waals surface area contributed by atoms with Gasteiger partial charge < -0.3 is 14.0 Å². The van der Waals surface area contributed by atoms with E-state index in [0.29, 0.717) is 35.4 Å². The lowest BCUT2D eigenvalue weighted by molar-refractivity contribution is -0.140. The van der Waals surface area contributed by atoms with Crippen molar-refractivity contribution >= 4 is 31.9 Å². The quantitative estimate of drug-likeness (QED) is 0.121. The zero-order valence-corrected chi connectivity index (χ0v) is 27.6. The fourth-order valence-corrected chi connectivity index (χ4v) is 6.55. The Bertz CT molecular complexity index is 2380. The molecule has 0 N–H and O–H groups in total. The largest absolute Gasteiger partial charge is 0.489 e. The Hall–Kier alpha value is -5.45. The molecule has 2 aromatic carbocycles. The Balaban J connectivity index is 0.953. The molecule has 6 aromatic rings. The number of nitrogens with zero attached hydrogens (tertiary/aromatic N) is 4. The van der Waals surface area contributed by atoms with Crippen molar-refractivity contribution in [2.75, 3.05) is 6.61 Å². The third-order valence-electron chi connectivity index (χ3n) is 8.48. The van der Waals surface area contributed by atoms with E-state index in [-0.39, 0.29) is 17.6 Å². The lowest BCUT2D eigenvalue weighted by atomic mass is 9.92. The van der Waals surface area contributed by atoms with Gasteiger partial charge in [-0.25, -0.2) is 9.97 Å². The normalized spacial score (nSPS) is 16.1. The Kier molecular flexibility index (Phi) is 8.67. The molecule has 50 heavy (non-hydrogen) atoms. The number of rotatable bonds is 8. The second-order valence-electron chi connectivity index (χ2n) is 11.9. The fourth-order valence-electron chi connectivity index (χ4n) is 5.73. The topological polar surface area (TPSA) is 105 Å². The van der Waals surface area contributed by atoms with Gasteiger partial charge in [0.2, 0.25) is 5.88 Å². The summed E-state index contributed by atoms with van der Waals surface area (Å²) >= 11 is 0. The average Bonchev–Trinajstić information content (AvgIpc) is 3.37. The molecule has 1 aliphatic carbocycles.